The first-order valence-electron chi connectivity index (χ1n) is 5.00. The van der Waals surface area contributed by atoms with Crippen molar-refractivity contribution in [3.63, 3.8) is 0 Å². The zero-order valence-electron chi connectivity index (χ0n) is 9.47. The molecule has 1 aromatic rings. The number of hydrogen-bond acceptors (Lipinski definition) is 5. The van der Waals surface area contributed by atoms with Gasteiger partial charge in [-0.1, -0.05) is 15.9 Å². The van der Waals surface area contributed by atoms with Crippen LogP contribution in [0.1, 0.15) is 28.4 Å². The minimum Gasteiger partial charge on any atom is -0.462 e. The predicted octanol–water partition coefficient (Wildman–Crippen LogP) is 2.54. The summed E-state index contributed by atoms with van der Waals surface area (Å²) < 4.78 is 4.83. The van der Waals surface area contributed by atoms with Crippen molar-refractivity contribution in [2.75, 3.05) is 6.61 Å². The number of carbonyl (C=O) groups is 1. The molecular formula is C11H9BrN2O4. The lowest BCUT2D eigenvalue weighted by Crippen LogP contribution is -2.10. The third-order valence-electron chi connectivity index (χ3n) is 2.23. The standard InChI is InChI=1S/C11H9BrN2O4/c1-2-18-11(15)7-3-4-10(14(16)17)9(6-13)8(7)5-12/h3-4H,2,5H2,1H3. The number of nitrogens with zero attached hydrogens (tertiary/aromatic N) is 2. The molecule has 0 aromatic heterocycles. The Kier molecular flexibility index (Phi) is 4.80. The van der Waals surface area contributed by atoms with E-state index in [9.17, 15) is 14.9 Å². The van der Waals surface area contributed by atoms with E-state index in [4.69, 9.17) is 10.00 Å². The van der Waals surface area contributed by atoms with Gasteiger partial charge in [0, 0.05) is 17.0 Å². The zero-order chi connectivity index (χ0) is 13.7. The molecule has 0 saturated heterocycles. The molecule has 0 saturated carbocycles. The second-order valence-corrected chi connectivity index (χ2v) is 3.77. The highest BCUT2D eigenvalue weighted by molar-refractivity contribution is 9.08. The number of hydrogen-bond donors (Lipinski definition) is 0. The lowest BCUT2D eigenvalue weighted by Gasteiger charge is -2.08. The Hall–Kier alpha value is -1.94. The van der Waals surface area contributed by atoms with E-state index in [2.05, 4.69) is 15.9 Å². The van der Waals surface area contributed by atoms with E-state index < -0.39 is 10.9 Å². The minimum atomic E-state index is -0.653. The molecule has 0 bridgehead atoms. The topological polar surface area (TPSA) is 93.2 Å². The van der Waals surface area contributed by atoms with E-state index in [0.29, 0.717) is 0 Å². The van der Waals surface area contributed by atoms with Gasteiger partial charge in [-0.15, -0.1) is 0 Å². The molecule has 0 aliphatic heterocycles. The van der Waals surface area contributed by atoms with Gasteiger partial charge in [-0.05, 0) is 13.0 Å². The highest BCUT2D eigenvalue weighted by Gasteiger charge is 2.23. The summed E-state index contributed by atoms with van der Waals surface area (Å²) >= 11 is 3.12. The number of carbonyl (C=O) groups excluding carboxylic acids is 1. The van der Waals surface area contributed by atoms with E-state index in [1.165, 1.54) is 6.07 Å². The Bertz CT molecular complexity index is 537. The summed E-state index contributed by atoms with van der Waals surface area (Å²) in [6.45, 7) is 1.85. The summed E-state index contributed by atoms with van der Waals surface area (Å²) in [4.78, 5) is 21.8. The molecule has 18 heavy (non-hydrogen) atoms. The van der Waals surface area contributed by atoms with Crippen LogP contribution in [0.2, 0.25) is 0 Å². The average molecular weight is 313 g/mol. The number of ether oxygens (including phenoxy) is 1. The first-order valence-corrected chi connectivity index (χ1v) is 6.12. The van der Waals surface area contributed by atoms with Crippen LogP contribution in [-0.4, -0.2) is 17.5 Å². The predicted molar refractivity (Wildman–Crippen MR) is 66.4 cm³/mol. The Labute approximate surface area is 111 Å². The number of rotatable bonds is 4. The van der Waals surface area contributed by atoms with Crippen molar-refractivity contribution in [1.29, 1.82) is 5.26 Å². The molecule has 0 aliphatic rings. The van der Waals surface area contributed by atoms with Crippen molar-refractivity contribution in [1.82, 2.24) is 0 Å². The first-order chi connectivity index (χ1) is 8.56. The quantitative estimate of drug-likeness (QED) is 0.368. The number of nitriles is 1. The molecule has 1 rings (SSSR count). The van der Waals surface area contributed by atoms with E-state index >= 15 is 0 Å². The van der Waals surface area contributed by atoms with Gasteiger partial charge in [-0.2, -0.15) is 5.26 Å². The van der Waals surface area contributed by atoms with Crippen LogP contribution in [0, 0.1) is 21.4 Å². The van der Waals surface area contributed by atoms with Crippen LogP contribution >= 0.6 is 15.9 Å². The maximum absolute atomic E-state index is 11.7. The average Bonchev–Trinajstić information content (AvgIpc) is 2.36. The molecule has 0 unspecified atom stereocenters. The number of esters is 1. The maximum atomic E-state index is 11.7. The van der Waals surface area contributed by atoms with Crippen molar-refractivity contribution < 1.29 is 14.5 Å². The molecule has 1 aromatic carbocycles. The van der Waals surface area contributed by atoms with Crippen LogP contribution in [0.4, 0.5) is 5.69 Å². The third kappa shape index (κ3) is 2.65. The normalized spacial score (nSPS) is 9.61. The van der Waals surface area contributed by atoms with Gasteiger partial charge in [0.2, 0.25) is 0 Å². The van der Waals surface area contributed by atoms with E-state index in [1.807, 2.05) is 0 Å². The van der Waals surface area contributed by atoms with Crippen molar-refractivity contribution in [2.45, 2.75) is 12.3 Å². The molecule has 0 amide bonds. The van der Waals surface area contributed by atoms with Gasteiger partial charge in [0.05, 0.1) is 17.1 Å². The van der Waals surface area contributed by atoms with Gasteiger partial charge in [-0.3, -0.25) is 10.1 Å². The molecule has 6 nitrogen and oxygen atoms in total. The second kappa shape index (κ2) is 6.12. The monoisotopic (exact) mass is 312 g/mol. The largest absolute Gasteiger partial charge is 0.462 e. The highest BCUT2D eigenvalue weighted by atomic mass is 79.9. The van der Waals surface area contributed by atoms with Gasteiger partial charge in [0.25, 0.3) is 5.69 Å². The lowest BCUT2D eigenvalue weighted by molar-refractivity contribution is -0.385. The van der Waals surface area contributed by atoms with Gasteiger partial charge in [0.1, 0.15) is 11.6 Å². The van der Waals surface area contributed by atoms with Crippen LogP contribution in [0.5, 0.6) is 0 Å². The van der Waals surface area contributed by atoms with E-state index in [1.54, 1.807) is 13.0 Å². The van der Waals surface area contributed by atoms with E-state index in [0.717, 1.165) is 6.07 Å². The Morgan fingerprint density at radius 3 is 2.72 bits per heavy atom. The van der Waals surface area contributed by atoms with Crippen LogP contribution < -0.4 is 0 Å². The summed E-state index contributed by atoms with van der Waals surface area (Å²) in [5.74, 6) is -0.599. The lowest BCUT2D eigenvalue weighted by atomic mass is 10.0. The molecule has 0 heterocycles. The fraction of sp³-hybridized carbons (Fsp3) is 0.273. The summed E-state index contributed by atoms with van der Waals surface area (Å²) in [5.41, 5.74) is -0.0107. The molecule has 0 N–H and O–H groups in total. The summed E-state index contributed by atoms with van der Waals surface area (Å²) in [7, 11) is 0. The first kappa shape index (κ1) is 14.1. The van der Waals surface area contributed by atoms with Crippen LogP contribution in [0.15, 0.2) is 12.1 Å². The fourth-order valence-corrected chi connectivity index (χ4v) is 2.03. The van der Waals surface area contributed by atoms with Crippen LogP contribution in [-0.2, 0) is 10.1 Å². The molecule has 0 atom stereocenters. The molecule has 0 radical (unpaired) electrons. The molecule has 94 valence electrons. The molecular weight excluding hydrogens is 304 g/mol. The van der Waals surface area contributed by atoms with Crippen LogP contribution in [0.3, 0.4) is 0 Å². The Morgan fingerprint density at radius 1 is 1.61 bits per heavy atom. The Balaban J connectivity index is 3.45. The molecule has 0 spiro atoms. The maximum Gasteiger partial charge on any atom is 0.338 e. The summed E-state index contributed by atoms with van der Waals surface area (Å²) in [6, 6.07) is 4.19. The van der Waals surface area contributed by atoms with E-state index in [-0.39, 0.29) is 34.3 Å². The number of benzene rings is 1. The molecule has 0 aliphatic carbocycles. The zero-order valence-corrected chi connectivity index (χ0v) is 11.1. The molecule has 0 fully saturated rings. The number of nitro benzene ring substituents is 1. The number of nitro groups is 1. The van der Waals surface area contributed by atoms with Crippen molar-refractivity contribution >= 4 is 27.6 Å². The fourth-order valence-electron chi connectivity index (χ4n) is 1.45. The third-order valence-corrected chi connectivity index (χ3v) is 2.79. The Morgan fingerprint density at radius 2 is 2.28 bits per heavy atom. The SMILES string of the molecule is CCOC(=O)c1ccc([N+](=O)[O-])c(C#N)c1CBr. The summed E-state index contributed by atoms with van der Waals surface area (Å²) in [5, 5.41) is 19.9. The van der Waals surface area contributed by atoms with Crippen LogP contribution in [0.25, 0.3) is 0 Å². The second-order valence-electron chi connectivity index (χ2n) is 3.21. The number of halogens is 1. The van der Waals surface area contributed by atoms with Gasteiger partial charge < -0.3 is 4.74 Å². The molecule has 7 heteroatoms. The summed E-state index contributed by atoms with van der Waals surface area (Å²) in [6.07, 6.45) is 0. The smallest absolute Gasteiger partial charge is 0.338 e. The minimum absolute atomic E-state index is 0.123. The highest BCUT2D eigenvalue weighted by Crippen LogP contribution is 2.27. The van der Waals surface area contributed by atoms with Crippen molar-refractivity contribution in [3.05, 3.63) is 38.9 Å². The number of alkyl halides is 1. The van der Waals surface area contributed by atoms with Crippen molar-refractivity contribution in [2.24, 2.45) is 0 Å². The van der Waals surface area contributed by atoms with Gasteiger partial charge in [0.15, 0.2) is 0 Å². The van der Waals surface area contributed by atoms with Gasteiger partial charge in [-0.25, -0.2) is 4.79 Å². The van der Waals surface area contributed by atoms with Gasteiger partial charge >= 0.3 is 5.97 Å². The van der Waals surface area contributed by atoms with Crippen molar-refractivity contribution in [3.8, 4) is 6.07 Å².